The second kappa shape index (κ2) is 6.38. The van der Waals surface area contributed by atoms with Gasteiger partial charge in [-0.15, -0.1) is 0 Å². The van der Waals surface area contributed by atoms with E-state index < -0.39 is 0 Å². The Bertz CT molecular complexity index is 551. The van der Waals surface area contributed by atoms with Crippen LogP contribution in [-0.4, -0.2) is 24.5 Å². The van der Waals surface area contributed by atoms with Crippen LogP contribution < -0.4 is 10.2 Å². The van der Waals surface area contributed by atoms with E-state index in [1.165, 1.54) is 0 Å². The molecule has 4 nitrogen and oxygen atoms in total. The maximum atomic E-state index is 12.5. The van der Waals surface area contributed by atoms with E-state index in [1.807, 2.05) is 19.9 Å². The fraction of sp³-hybridized carbons (Fsp3) is 0.467. The van der Waals surface area contributed by atoms with Crippen LogP contribution in [0.2, 0.25) is 0 Å². The van der Waals surface area contributed by atoms with E-state index in [9.17, 15) is 4.79 Å². The molecule has 1 amide bonds. The van der Waals surface area contributed by atoms with Gasteiger partial charge in [0.15, 0.2) is 0 Å². The van der Waals surface area contributed by atoms with Crippen LogP contribution in [-0.2, 0) is 4.79 Å². The monoisotopic (exact) mass is 335 g/mol. The second-order valence-corrected chi connectivity index (χ2v) is 6.14. The second-order valence-electron chi connectivity index (χ2n) is 5.28. The van der Waals surface area contributed by atoms with Gasteiger partial charge in [0.05, 0.1) is 23.4 Å². The minimum Gasteiger partial charge on any atom is -0.310 e. The van der Waals surface area contributed by atoms with Crippen LogP contribution in [0.15, 0.2) is 22.7 Å². The highest BCUT2D eigenvalue weighted by Gasteiger charge is 2.30. The van der Waals surface area contributed by atoms with E-state index in [2.05, 4.69) is 27.3 Å². The topological polar surface area (TPSA) is 56.1 Å². The molecule has 1 aromatic rings. The average molecular weight is 336 g/mol. The molecule has 0 aromatic heterocycles. The zero-order valence-corrected chi connectivity index (χ0v) is 13.3. The lowest BCUT2D eigenvalue weighted by atomic mass is 10.0. The van der Waals surface area contributed by atoms with Gasteiger partial charge in [-0.05, 0) is 47.0 Å². The van der Waals surface area contributed by atoms with Crippen LogP contribution in [0.25, 0.3) is 0 Å². The summed E-state index contributed by atoms with van der Waals surface area (Å²) in [5, 5.41) is 12.2. The van der Waals surface area contributed by atoms with Crippen molar-refractivity contribution in [3.05, 3.63) is 28.2 Å². The number of hydrogen-bond acceptors (Lipinski definition) is 3. The van der Waals surface area contributed by atoms with E-state index in [1.54, 1.807) is 17.0 Å². The Kier molecular flexibility index (Phi) is 4.79. The van der Waals surface area contributed by atoms with Crippen molar-refractivity contribution in [3.8, 4) is 6.07 Å². The molecule has 0 radical (unpaired) electrons. The summed E-state index contributed by atoms with van der Waals surface area (Å²) >= 11 is 3.46. The van der Waals surface area contributed by atoms with Gasteiger partial charge >= 0.3 is 0 Å². The normalized spacial score (nSPS) is 19.2. The quantitative estimate of drug-likeness (QED) is 0.923. The Balaban J connectivity index is 2.24. The minimum absolute atomic E-state index is 0.107. The Morgan fingerprint density at radius 1 is 1.50 bits per heavy atom. The van der Waals surface area contributed by atoms with Crippen molar-refractivity contribution in [1.82, 2.24) is 5.32 Å². The lowest BCUT2D eigenvalue weighted by Gasteiger charge is -2.34. The molecule has 1 aliphatic rings. The molecule has 20 heavy (non-hydrogen) atoms. The van der Waals surface area contributed by atoms with Gasteiger partial charge in [0.25, 0.3) is 0 Å². The molecule has 0 bridgehead atoms. The maximum Gasteiger partial charge on any atom is 0.244 e. The molecular formula is C15H18BrN3O. The van der Waals surface area contributed by atoms with Crippen molar-refractivity contribution >= 4 is 27.5 Å². The smallest absolute Gasteiger partial charge is 0.244 e. The third-order valence-corrected chi connectivity index (χ3v) is 3.98. The van der Waals surface area contributed by atoms with Crippen molar-refractivity contribution in [2.24, 2.45) is 0 Å². The summed E-state index contributed by atoms with van der Waals surface area (Å²) in [5.74, 6) is 0.107. The molecule has 1 atom stereocenters. The number of carbonyl (C=O) groups is 1. The van der Waals surface area contributed by atoms with E-state index in [-0.39, 0.29) is 18.0 Å². The van der Waals surface area contributed by atoms with E-state index >= 15 is 0 Å². The number of nitrogens with zero attached hydrogens (tertiary/aromatic N) is 2. The molecule has 1 N–H and O–H groups in total. The lowest BCUT2D eigenvalue weighted by molar-refractivity contribution is -0.121. The van der Waals surface area contributed by atoms with Crippen LogP contribution in [0, 0.1) is 11.3 Å². The van der Waals surface area contributed by atoms with Crippen molar-refractivity contribution in [2.45, 2.75) is 38.8 Å². The zero-order chi connectivity index (χ0) is 14.7. The number of carbonyl (C=O) groups excluding carboxylic acids is 1. The van der Waals surface area contributed by atoms with Gasteiger partial charge < -0.3 is 10.2 Å². The van der Waals surface area contributed by atoms with Gasteiger partial charge in [0, 0.05) is 17.1 Å². The molecule has 1 unspecified atom stereocenters. The lowest BCUT2D eigenvalue weighted by Crippen LogP contribution is -2.52. The molecule has 2 rings (SSSR count). The molecular weight excluding hydrogens is 318 g/mol. The third kappa shape index (κ3) is 3.20. The number of amides is 1. The van der Waals surface area contributed by atoms with Crippen molar-refractivity contribution < 1.29 is 4.79 Å². The van der Waals surface area contributed by atoms with Crippen molar-refractivity contribution in [3.63, 3.8) is 0 Å². The summed E-state index contributed by atoms with van der Waals surface area (Å²) in [6, 6.07) is 7.59. The van der Waals surface area contributed by atoms with Gasteiger partial charge in [-0.3, -0.25) is 4.79 Å². The third-order valence-electron chi connectivity index (χ3n) is 3.34. The van der Waals surface area contributed by atoms with Crippen molar-refractivity contribution in [2.75, 3.05) is 11.4 Å². The molecule has 1 saturated heterocycles. The molecule has 1 heterocycles. The SMILES string of the molecule is CC(C)NC1CCCN(c2ccc(C#N)cc2Br)C1=O. The molecule has 1 aromatic carbocycles. The molecule has 1 fully saturated rings. The summed E-state index contributed by atoms with van der Waals surface area (Å²) in [5.41, 5.74) is 1.42. The Labute approximate surface area is 127 Å². The molecule has 1 aliphatic heterocycles. The number of halogens is 1. The number of anilines is 1. The molecule has 5 heteroatoms. The standard InChI is InChI=1S/C15H18BrN3O/c1-10(2)18-13-4-3-7-19(15(13)20)14-6-5-11(9-17)8-12(14)16/h5-6,8,10,13,18H,3-4,7H2,1-2H3. The summed E-state index contributed by atoms with van der Waals surface area (Å²) < 4.78 is 0.787. The first-order chi connectivity index (χ1) is 9.52. The number of piperidine rings is 1. The van der Waals surface area contributed by atoms with Crippen LogP contribution in [0.3, 0.4) is 0 Å². The summed E-state index contributed by atoms with van der Waals surface area (Å²) in [7, 11) is 0. The zero-order valence-electron chi connectivity index (χ0n) is 11.7. The molecule has 0 aliphatic carbocycles. The largest absolute Gasteiger partial charge is 0.310 e. The van der Waals surface area contributed by atoms with Gasteiger partial charge in [0.2, 0.25) is 5.91 Å². The van der Waals surface area contributed by atoms with Crippen LogP contribution >= 0.6 is 15.9 Å². The number of hydrogen-bond donors (Lipinski definition) is 1. The Morgan fingerprint density at radius 2 is 2.25 bits per heavy atom. The van der Waals surface area contributed by atoms with E-state index in [0.29, 0.717) is 5.56 Å². The highest BCUT2D eigenvalue weighted by Crippen LogP contribution is 2.30. The predicted molar refractivity (Wildman–Crippen MR) is 82.5 cm³/mol. The fourth-order valence-corrected chi connectivity index (χ4v) is 3.06. The number of rotatable bonds is 3. The summed E-state index contributed by atoms with van der Waals surface area (Å²) in [6.45, 7) is 4.81. The molecule has 106 valence electrons. The average Bonchev–Trinajstić information content (AvgIpc) is 2.41. The first-order valence-corrected chi connectivity index (χ1v) is 7.59. The van der Waals surface area contributed by atoms with Gasteiger partial charge in [0.1, 0.15) is 0 Å². The van der Waals surface area contributed by atoms with E-state index in [4.69, 9.17) is 5.26 Å². The number of nitrogens with one attached hydrogen (secondary N) is 1. The predicted octanol–water partition coefficient (Wildman–Crippen LogP) is 2.81. The maximum absolute atomic E-state index is 12.5. The van der Waals surface area contributed by atoms with Crippen LogP contribution in [0.5, 0.6) is 0 Å². The number of benzene rings is 1. The van der Waals surface area contributed by atoms with Crippen molar-refractivity contribution in [1.29, 1.82) is 5.26 Å². The van der Waals surface area contributed by atoms with E-state index in [0.717, 1.165) is 29.5 Å². The minimum atomic E-state index is -0.119. The summed E-state index contributed by atoms with van der Waals surface area (Å²) in [6.07, 6.45) is 1.85. The Hall–Kier alpha value is -1.38. The van der Waals surface area contributed by atoms with Crippen LogP contribution in [0.1, 0.15) is 32.3 Å². The highest BCUT2D eigenvalue weighted by molar-refractivity contribution is 9.10. The fourth-order valence-electron chi connectivity index (χ4n) is 2.47. The number of nitriles is 1. The van der Waals surface area contributed by atoms with Gasteiger partial charge in [-0.25, -0.2) is 0 Å². The first kappa shape index (κ1) is 15.0. The Morgan fingerprint density at radius 3 is 2.85 bits per heavy atom. The van der Waals surface area contributed by atoms with Crippen LogP contribution in [0.4, 0.5) is 5.69 Å². The molecule has 0 saturated carbocycles. The van der Waals surface area contributed by atoms with Gasteiger partial charge in [-0.2, -0.15) is 5.26 Å². The summed E-state index contributed by atoms with van der Waals surface area (Å²) in [4.78, 5) is 14.3. The van der Waals surface area contributed by atoms with Gasteiger partial charge in [-0.1, -0.05) is 13.8 Å². The first-order valence-electron chi connectivity index (χ1n) is 6.80. The molecule has 0 spiro atoms. The highest BCUT2D eigenvalue weighted by atomic mass is 79.9.